The molecule has 0 bridgehead atoms. The predicted octanol–water partition coefficient (Wildman–Crippen LogP) is 2.94. The number of carbonyl (C=O) groups excluding carboxylic acids is 1. The van der Waals surface area contributed by atoms with Crippen molar-refractivity contribution in [2.75, 3.05) is 20.2 Å². The van der Waals surface area contributed by atoms with Gasteiger partial charge < -0.3 is 14.7 Å². The summed E-state index contributed by atoms with van der Waals surface area (Å²) in [6, 6.07) is 14.8. The number of rotatable bonds is 4. The molecule has 3 rings (SSSR count). The summed E-state index contributed by atoms with van der Waals surface area (Å²) < 4.78 is 5.18. The second-order valence-electron chi connectivity index (χ2n) is 6.35. The molecule has 2 aromatic carbocycles. The Morgan fingerprint density at radius 3 is 2.44 bits per heavy atom. The fraction of sp³-hybridized carbons (Fsp3) is 0.300. The van der Waals surface area contributed by atoms with Crippen LogP contribution in [0, 0.1) is 12.8 Å². The van der Waals surface area contributed by atoms with Crippen LogP contribution in [0.4, 0.5) is 0 Å². The van der Waals surface area contributed by atoms with E-state index in [9.17, 15) is 14.7 Å². The van der Waals surface area contributed by atoms with E-state index in [0.717, 1.165) is 11.1 Å². The number of methoxy groups -OCH3 is 1. The highest BCUT2D eigenvalue weighted by atomic mass is 16.5. The Morgan fingerprint density at radius 2 is 1.84 bits per heavy atom. The van der Waals surface area contributed by atoms with Crippen LogP contribution in [0.2, 0.25) is 0 Å². The number of benzene rings is 2. The van der Waals surface area contributed by atoms with Gasteiger partial charge in [-0.25, -0.2) is 0 Å². The van der Waals surface area contributed by atoms with Crippen LogP contribution in [-0.4, -0.2) is 42.1 Å². The average molecular weight is 339 g/mol. The number of aryl methyl sites for hydroxylation is 1. The molecule has 0 unspecified atom stereocenters. The number of carbonyl (C=O) groups is 2. The minimum atomic E-state index is -0.865. The van der Waals surface area contributed by atoms with Crippen LogP contribution in [0.3, 0.4) is 0 Å². The van der Waals surface area contributed by atoms with Gasteiger partial charge in [0.25, 0.3) is 5.91 Å². The number of hydrogen-bond acceptors (Lipinski definition) is 3. The predicted molar refractivity (Wildman–Crippen MR) is 93.9 cm³/mol. The lowest BCUT2D eigenvalue weighted by Gasteiger charge is -2.18. The highest BCUT2D eigenvalue weighted by molar-refractivity contribution is 5.96. The molecule has 0 aromatic heterocycles. The molecule has 5 heteroatoms. The third-order valence-electron chi connectivity index (χ3n) is 4.82. The summed E-state index contributed by atoms with van der Waals surface area (Å²) in [4.78, 5) is 26.2. The zero-order valence-corrected chi connectivity index (χ0v) is 14.3. The Morgan fingerprint density at radius 1 is 1.12 bits per heavy atom. The summed E-state index contributed by atoms with van der Waals surface area (Å²) in [5, 5.41) is 9.58. The van der Waals surface area contributed by atoms with Crippen molar-refractivity contribution in [2.24, 2.45) is 5.92 Å². The molecule has 1 heterocycles. The number of carboxylic acid groups (broad SMARTS) is 1. The van der Waals surface area contributed by atoms with Crippen molar-refractivity contribution in [1.29, 1.82) is 0 Å². The largest absolute Gasteiger partial charge is 0.497 e. The van der Waals surface area contributed by atoms with Crippen molar-refractivity contribution in [1.82, 2.24) is 4.90 Å². The Balaban J connectivity index is 1.86. The van der Waals surface area contributed by atoms with E-state index in [1.807, 2.05) is 43.3 Å². The molecule has 0 saturated carbocycles. The molecule has 1 fully saturated rings. The molecule has 5 nitrogen and oxygen atoms in total. The first kappa shape index (κ1) is 17.0. The minimum Gasteiger partial charge on any atom is -0.497 e. The molecule has 1 aliphatic rings. The molecule has 1 saturated heterocycles. The van der Waals surface area contributed by atoms with E-state index < -0.39 is 11.9 Å². The average Bonchev–Trinajstić information content (AvgIpc) is 3.07. The van der Waals surface area contributed by atoms with Crippen LogP contribution in [-0.2, 0) is 4.79 Å². The van der Waals surface area contributed by atoms with Gasteiger partial charge in [0.05, 0.1) is 13.0 Å². The lowest BCUT2D eigenvalue weighted by Crippen LogP contribution is -2.30. The van der Waals surface area contributed by atoms with Crippen molar-refractivity contribution in [2.45, 2.75) is 12.8 Å². The fourth-order valence-corrected chi connectivity index (χ4v) is 3.43. The van der Waals surface area contributed by atoms with Gasteiger partial charge in [0, 0.05) is 24.6 Å². The first-order valence-corrected chi connectivity index (χ1v) is 8.23. The van der Waals surface area contributed by atoms with Gasteiger partial charge in [-0.2, -0.15) is 0 Å². The van der Waals surface area contributed by atoms with E-state index in [1.165, 1.54) is 0 Å². The Hall–Kier alpha value is -2.82. The van der Waals surface area contributed by atoms with Gasteiger partial charge in [-0.3, -0.25) is 9.59 Å². The summed E-state index contributed by atoms with van der Waals surface area (Å²) in [6.45, 7) is 2.49. The Bertz CT molecular complexity index is 788. The zero-order valence-electron chi connectivity index (χ0n) is 14.3. The molecule has 130 valence electrons. The van der Waals surface area contributed by atoms with Gasteiger partial charge in [-0.05, 0) is 36.2 Å². The second kappa shape index (κ2) is 6.97. The lowest BCUT2D eigenvalue weighted by molar-refractivity contribution is -0.141. The molecule has 1 aliphatic heterocycles. The molecule has 1 N–H and O–H groups in total. The van der Waals surface area contributed by atoms with Crippen molar-refractivity contribution in [3.8, 4) is 5.75 Å². The van der Waals surface area contributed by atoms with Crippen LogP contribution in [0.1, 0.15) is 27.4 Å². The molecule has 0 radical (unpaired) electrons. The third-order valence-corrected chi connectivity index (χ3v) is 4.82. The number of aliphatic carboxylic acids is 1. The second-order valence-corrected chi connectivity index (χ2v) is 6.35. The van der Waals surface area contributed by atoms with Gasteiger partial charge in [0.2, 0.25) is 0 Å². The number of amides is 1. The SMILES string of the molecule is COc1ccc(C(=O)N2C[C@@H](C(=O)O)[C@H](c3ccccc3)C2)c(C)c1. The van der Waals surface area contributed by atoms with Crippen molar-refractivity contribution in [3.05, 3.63) is 65.2 Å². The summed E-state index contributed by atoms with van der Waals surface area (Å²) in [5.41, 5.74) is 2.36. The van der Waals surface area contributed by atoms with Gasteiger partial charge >= 0.3 is 5.97 Å². The number of nitrogens with zero attached hydrogens (tertiary/aromatic N) is 1. The number of ether oxygens (including phenoxy) is 1. The molecule has 1 amide bonds. The van der Waals surface area contributed by atoms with Crippen LogP contribution >= 0.6 is 0 Å². The molecule has 2 atom stereocenters. The smallest absolute Gasteiger partial charge is 0.308 e. The van der Waals surface area contributed by atoms with E-state index in [0.29, 0.717) is 17.9 Å². The van der Waals surface area contributed by atoms with Crippen LogP contribution in [0.15, 0.2) is 48.5 Å². The number of carboxylic acids is 1. The molecular formula is C20H21NO4. The fourth-order valence-electron chi connectivity index (χ4n) is 3.43. The maximum absolute atomic E-state index is 12.9. The number of hydrogen-bond donors (Lipinski definition) is 1. The molecule has 2 aromatic rings. The first-order valence-electron chi connectivity index (χ1n) is 8.23. The van der Waals surface area contributed by atoms with E-state index >= 15 is 0 Å². The third kappa shape index (κ3) is 3.36. The van der Waals surface area contributed by atoms with Crippen molar-refractivity contribution < 1.29 is 19.4 Å². The quantitative estimate of drug-likeness (QED) is 0.930. The summed E-state index contributed by atoms with van der Waals surface area (Å²) in [6.07, 6.45) is 0. The number of likely N-dealkylation sites (tertiary alicyclic amines) is 1. The van der Waals surface area contributed by atoms with Gasteiger partial charge in [0.15, 0.2) is 0 Å². The highest BCUT2D eigenvalue weighted by Gasteiger charge is 2.40. The normalized spacial score (nSPS) is 19.7. The molecule has 25 heavy (non-hydrogen) atoms. The van der Waals surface area contributed by atoms with Gasteiger partial charge in [-0.1, -0.05) is 30.3 Å². The molecular weight excluding hydrogens is 318 g/mol. The van der Waals surface area contributed by atoms with Crippen molar-refractivity contribution >= 4 is 11.9 Å². The summed E-state index contributed by atoms with van der Waals surface area (Å²) in [7, 11) is 1.58. The molecule has 0 spiro atoms. The van der Waals surface area contributed by atoms with E-state index in [1.54, 1.807) is 24.1 Å². The lowest BCUT2D eigenvalue weighted by atomic mass is 9.89. The Labute approximate surface area is 146 Å². The summed E-state index contributed by atoms with van der Waals surface area (Å²) in [5.74, 6) is -1.09. The Kier molecular flexibility index (Phi) is 4.74. The van der Waals surface area contributed by atoms with E-state index in [2.05, 4.69) is 0 Å². The standard InChI is InChI=1S/C20H21NO4/c1-13-10-15(25-2)8-9-16(13)19(22)21-11-17(18(12-21)20(23)24)14-6-4-3-5-7-14/h3-10,17-18H,11-12H2,1-2H3,(H,23,24)/t17-,18+/m0/s1. The van der Waals surface area contributed by atoms with Crippen LogP contribution < -0.4 is 4.74 Å². The van der Waals surface area contributed by atoms with Gasteiger partial charge in [-0.15, -0.1) is 0 Å². The van der Waals surface area contributed by atoms with E-state index in [4.69, 9.17) is 4.74 Å². The van der Waals surface area contributed by atoms with Crippen LogP contribution in [0.25, 0.3) is 0 Å². The summed E-state index contributed by atoms with van der Waals surface area (Å²) >= 11 is 0. The highest BCUT2D eigenvalue weighted by Crippen LogP contribution is 2.34. The maximum Gasteiger partial charge on any atom is 0.308 e. The monoisotopic (exact) mass is 339 g/mol. The van der Waals surface area contributed by atoms with Crippen molar-refractivity contribution in [3.63, 3.8) is 0 Å². The topological polar surface area (TPSA) is 66.8 Å². The van der Waals surface area contributed by atoms with Crippen LogP contribution in [0.5, 0.6) is 5.75 Å². The zero-order chi connectivity index (χ0) is 18.0. The minimum absolute atomic E-state index is 0.134. The molecule has 0 aliphatic carbocycles. The van der Waals surface area contributed by atoms with Gasteiger partial charge in [0.1, 0.15) is 5.75 Å². The maximum atomic E-state index is 12.9. The first-order chi connectivity index (χ1) is 12.0. The van der Waals surface area contributed by atoms with E-state index in [-0.39, 0.29) is 18.4 Å².